The molecule has 17 heavy (non-hydrogen) atoms. The topological polar surface area (TPSA) is 45.8 Å². The fraction of sp³-hybridized carbons (Fsp3) is 0.231. The first-order chi connectivity index (χ1) is 8.06. The number of aromatic amines is 1. The minimum atomic E-state index is -0.167. The van der Waals surface area contributed by atoms with E-state index in [1.807, 2.05) is 19.9 Å². The molecule has 0 radical (unpaired) electrons. The molecule has 0 spiro atoms. The van der Waals surface area contributed by atoms with Gasteiger partial charge in [-0.3, -0.25) is 4.79 Å². The van der Waals surface area contributed by atoms with Crippen molar-refractivity contribution in [2.45, 2.75) is 19.8 Å². The van der Waals surface area contributed by atoms with Crippen molar-refractivity contribution in [3.05, 3.63) is 44.8 Å². The molecule has 0 fully saturated rings. The predicted molar refractivity (Wildman–Crippen MR) is 74.2 cm³/mol. The van der Waals surface area contributed by atoms with Gasteiger partial charge >= 0.3 is 0 Å². The SMILES string of the molecule is C=Cc1c(Br)ccc2c(=O)[nH]nc(C(C)C)c12. The van der Waals surface area contributed by atoms with E-state index in [9.17, 15) is 4.79 Å². The predicted octanol–water partition coefficient (Wildman–Crippen LogP) is 3.45. The summed E-state index contributed by atoms with van der Waals surface area (Å²) in [6.45, 7) is 7.90. The zero-order valence-corrected chi connectivity index (χ0v) is 11.3. The number of aromatic nitrogens is 2. The van der Waals surface area contributed by atoms with E-state index in [1.54, 1.807) is 12.1 Å². The van der Waals surface area contributed by atoms with E-state index < -0.39 is 0 Å². The molecule has 1 aromatic heterocycles. The maximum Gasteiger partial charge on any atom is 0.272 e. The summed E-state index contributed by atoms with van der Waals surface area (Å²) >= 11 is 3.47. The number of H-pyrrole nitrogens is 1. The van der Waals surface area contributed by atoms with Crippen molar-refractivity contribution >= 4 is 32.8 Å². The highest BCUT2D eigenvalue weighted by Gasteiger charge is 2.14. The summed E-state index contributed by atoms with van der Waals surface area (Å²) in [5.74, 6) is 0.238. The van der Waals surface area contributed by atoms with Gasteiger partial charge in [-0.15, -0.1) is 0 Å². The summed E-state index contributed by atoms with van der Waals surface area (Å²) in [7, 11) is 0. The molecule has 3 nitrogen and oxygen atoms in total. The number of rotatable bonds is 2. The molecule has 1 N–H and O–H groups in total. The minimum absolute atomic E-state index is 0.167. The first kappa shape index (κ1) is 12.0. The molecule has 0 atom stereocenters. The summed E-state index contributed by atoms with van der Waals surface area (Å²) in [6.07, 6.45) is 1.75. The fourth-order valence-corrected chi connectivity index (χ4v) is 2.40. The second kappa shape index (κ2) is 4.45. The van der Waals surface area contributed by atoms with Crippen LogP contribution < -0.4 is 5.56 Å². The Hall–Kier alpha value is -1.42. The Balaban J connectivity index is 3.04. The van der Waals surface area contributed by atoms with Crippen LogP contribution >= 0.6 is 15.9 Å². The highest BCUT2D eigenvalue weighted by molar-refractivity contribution is 9.10. The van der Waals surface area contributed by atoms with Gasteiger partial charge in [0.1, 0.15) is 0 Å². The van der Waals surface area contributed by atoms with Gasteiger partial charge in [-0.2, -0.15) is 5.10 Å². The molecule has 2 rings (SSSR count). The molecule has 0 aliphatic rings. The molecule has 2 aromatic rings. The standard InChI is InChI=1S/C13H13BrN2O/c1-4-8-10(14)6-5-9-11(8)12(7(2)3)15-16-13(9)17/h4-7H,1H2,2-3H3,(H,16,17). The Morgan fingerprint density at radius 2 is 2.18 bits per heavy atom. The maximum absolute atomic E-state index is 11.8. The van der Waals surface area contributed by atoms with Gasteiger partial charge in [-0.25, -0.2) is 5.10 Å². The highest BCUT2D eigenvalue weighted by Crippen LogP contribution is 2.30. The molecule has 1 aromatic carbocycles. The van der Waals surface area contributed by atoms with Crippen LogP contribution in [0.1, 0.15) is 31.0 Å². The van der Waals surface area contributed by atoms with Gasteiger partial charge in [0, 0.05) is 9.86 Å². The lowest BCUT2D eigenvalue weighted by Crippen LogP contribution is -2.12. The van der Waals surface area contributed by atoms with Crippen LogP contribution in [-0.2, 0) is 0 Å². The van der Waals surface area contributed by atoms with Crippen molar-refractivity contribution in [3.63, 3.8) is 0 Å². The first-order valence-corrected chi connectivity index (χ1v) is 6.18. The van der Waals surface area contributed by atoms with E-state index in [4.69, 9.17) is 0 Å². The normalized spacial score (nSPS) is 11.1. The highest BCUT2D eigenvalue weighted by atomic mass is 79.9. The van der Waals surface area contributed by atoms with Crippen LogP contribution in [0.25, 0.3) is 16.8 Å². The zero-order chi connectivity index (χ0) is 12.6. The molecule has 4 heteroatoms. The van der Waals surface area contributed by atoms with Crippen LogP contribution in [0.2, 0.25) is 0 Å². The van der Waals surface area contributed by atoms with Gasteiger partial charge in [0.05, 0.1) is 11.1 Å². The molecule has 0 saturated heterocycles. The molecule has 0 aliphatic carbocycles. The van der Waals surface area contributed by atoms with Crippen molar-refractivity contribution in [1.82, 2.24) is 10.2 Å². The van der Waals surface area contributed by atoms with E-state index in [-0.39, 0.29) is 11.5 Å². The summed E-state index contributed by atoms with van der Waals surface area (Å²) < 4.78 is 0.925. The van der Waals surface area contributed by atoms with E-state index in [0.717, 1.165) is 21.1 Å². The summed E-state index contributed by atoms with van der Waals surface area (Å²) in [5, 5.41) is 8.23. The quantitative estimate of drug-likeness (QED) is 0.921. The molecule has 1 heterocycles. The van der Waals surface area contributed by atoms with Gasteiger partial charge < -0.3 is 0 Å². The van der Waals surface area contributed by atoms with Gasteiger partial charge in [0.15, 0.2) is 0 Å². The third-order valence-corrected chi connectivity index (χ3v) is 3.41. The number of hydrogen-bond donors (Lipinski definition) is 1. The molecule has 0 bridgehead atoms. The smallest absolute Gasteiger partial charge is 0.267 e. The number of nitrogens with one attached hydrogen (secondary N) is 1. The van der Waals surface area contributed by atoms with Crippen LogP contribution in [0.5, 0.6) is 0 Å². The zero-order valence-electron chi connectivity index (χ0n) is 9.75. The van der Waals surface area contributed by atoms with Gasteiger partial charge in [0.25, 0.3) is 5.56 Å². The minimum Gasteiger partial charge on any atom is -0.267 e. The summed E-state index contributed by atoms with van der Waals surface area (Å²) in [6, 6.07) is 3.66. The molecular weight excluding hydrogens is 280 g/mol. The van der Waals surface area contributed by atoms with E-state index in [2.05, 4.69) is 32.7 Å². The van der Waals surface area contributed by atoms with Crippen molar-refractivity contribution < 1.29 is 0 Å². The van der Waals surface area contributed by atoms with E-state index in [0.29, 0.717) is 5.39 Å². The Labute approximate surface area is 108 Å². The lowest BCUT2D eigenvalue weighted by atomic mass is 9.99. The Morgan fingerprint density at radius 3 is 2.76 bits per heavy atom. The van der Waals surface area contributed by atoms with Crippen LogP contribution in [0.15, 0.2) is 28.0 Å². The Kier molecular flexibility index (Phi) is 3.15. The second-order valence-corrected chi connectivity index (χ2v) is 5.03. The number of fused-ring (bicyclic) bond motifs is 1. The average molecular weight is 293 g/mol. The summed E-state index contributed by atoms with van der Waals surface area (Å²) in [4.78, 5) is 11.8. The lowest BCUT2D eigenvalue weighted by Gasteiger charge is -2.11. The van der Waals surface area contributed by atoms with Gasteiger partial charge in [-0.1, -0.05) is 42.4 Å². The maximum atomic E-state index is 11.8. The van der Waals surface area contributed by atoms with Crippen molar-refractivity contribution in [3.8, 4) is 0 Å². The van der Waals surface area contributed by atoms with Crippen LogP contribution in [0, 0.1) is 0 Å². The fourth-order valence-electron chi connectivity index (χ4n) is 1.90. The third-order valence-electron chi connectivity index (χ3n) is 2.72. The molecule has 0 aliphatic heterocycles. The van der Waals surface area contributed by atoms with E-state index in [1.165, 1.54) is 0 Å². The molecule has 0 saturated carbocycles. The number of hydrogen-bond acceptors (Lipinski definition) is 2. The van der Waals surface area contributed by atoms with Crippen LogP contribution in [0.3, 0.4) is 0 Å². The largest absolute Gasteiger partial charge is 0.272 e. The molecule has 88 valence electrons. The Morgan fingerprint density at radius 1 is 1.47 bits per heavy atom. The number of nitrogens with zero attached hydrogens (tertiary/aromatic N) is 1. The van der Waals surface area contributed by atoms with Crippen LogP contribution in [0.4, 0.5) is 0 Å². The van der Waals surface area contributed by atoms with Crippen molar-refractivity contribution in [2.75, 3.05) is 0 Å². The van der Waals surface area contributed by atoms with Gasteiger partial charge in [0.2, 0.25) is 0 Å². The average Bonchev–Trinajstić information content (AvgIpc) is 2.28. The third kappa shape index (κ3) is 1.93. The van der Waals surface area contributed by atoms with Crippen LogP contribution in [-0.4, -0.2) is 10.2 Å². The monoisotopic (exact) mass is 292 g/mol. The Bertz CT molecular complexity index is 644. The molecule has 0 unspecified atom stereocenters. The van der Waals surface area contributed by atoms with Gasteiger partial charge in [-0.05, 0) is 23.6 Å². The van der Waals surface area contributed by atoms with Crippen molar-refractivity contribution in [2.24, 2.45) is 0 Å². The van der Waals surface area contributed by atoms with E-state index >= 15 is 0 Å². The lowest BCUT2D eigenvalue weighted by molar-refractivity contribution is 0.792. The van der Waals surface area contributed by atoms with Crippen molar-refractivity contribution in [1.29, 1.82) is 0 Å². The molecule has 0 amide bonds. The number of benzene rings is 1. The second-order valence-electron chi connectivity index (χ2n) is 4.18. The first-order valence-electron chi connectivity index (χ1n) is 5.39. The summed E-state index contributed by atoms with van der Waals surface area (Å²) in [5.41, 5.74) is 1.64. The molecular formula is C13H13BrN2O. The number of halogens is 1.